The van der Waals surface area contributed by atoms with Crippen LogP contribution in [-0.4, -0.2) is 40.7 Å². The number of alkyl halides is 3. The summed E-state index contributed by atoms with van der Waals surface area (Å²) in [4.78, 5) is 43.9. The van der Waals surface area contributed by atoms with Gasteiger partial charge in [-0.2, -0.15) is 13.2 Å². The zero-order valence-corrected chi connectivity index (χ0v) is 21.9. The van der Waals surface area contributed by atoms with Crippen molar-refractivity contribution in [1.82, 2.24) is 15.2 Å². The first-order valence-corrected chi connectivity index (χ1v) is 13.3. The molecule has 0 bridgehead atoms. The molecule has 0 saturated heterocycles. The Kier molecular flexibility index (Phi) is 10.1. The van der Waals surface area contributed by atoms with E-state index < -0.39 is 17.6 Å². The maximum atomic E-state index is 13.0. The summed E-state index contributed by atoms with van der Waals surface area (Å²) in [6.45, 7) is 4.41. The van der Waals surface area contributed by atoms with E-state index >= 15 is 0 Å². The van der Waals surface area contributed by atoms with Gasteiger partial charge in [0.05, 0.1) is 24.2 Å². The largest absolute Gasteiger partial charge is 0.416 e. The second kappa shape index (κ2) is 13.0. The number of nitrogens with zero attached hydrogens (tertiary/aromatic N) is 2. The van der Waals surface area contributed by atoms with Gasteiger partial charge in [0.1, 0.15) is 0 Å². The van der Waals surface area contributed by atoms with Crippen LogP contribution in [0.25, 0.3) is 0 Å². The van der Waals surface area contributed by atoms with Crippen molar-refractivity contribution in [1.29, 1.82) is 0 Å². The van der Waals surface area contributed by atoms with E-state index in [4.69, 9.17) is 0 Å². The van der Waals surface area contributed by atoms with E-state index in [9.17, 15) is 27.6 Å². The predicted octanol–water partition coefficient (Wildman–Crippen LogP) is 5.02. The molecule has 2 aromatic rings. The SMILES string of the molecule is CC(C)CN(CC(=O)Nc1nc(CC(=O)NCc2cccc(C(F)(F)F)c2)cs1)C(=O)C1CCCCC1. The van der Waals surface area contributed by atoms with Crippen LogP contribution in [0.4, 0.5) is 18.3 Å². The fourth-order valence-corrected chi connectivity index (χ4v) is 5.07. The van der Waals surface area contributed by atoms with Crippen molar-refractivity contribution in [2.75, 3.05) is 18.4 Å². The number of rotatable bonds is 10. The number of carbonyl (C=O) groups excluding carboxylic acids is 3. The summed E-state index contributed by atoms with van der Waals surface area (Å²) in [5.74, 6) is -0.523. The lowest BCUT2D eigenvalue weighted by Gasteiger charge is -2.30. The summed E-state index contributed by atoms with van der Waals surface area (Å²) in [7, 11) is 0. The van der Waals surface area contributed by atoms with E-state index in [0.717, 1.165) is 55.6 Å². The first-order valence-electron chi connectivity index (χ1n) is 12.5. The molecule has 1 aliphatic rings. The zero-order valence-electron chi connectivity index (χ0n) is 21.1. The van der Waals surface area contributed by atoms with Gasteiger partial charge in [-0.3, -0.25) is 14.4 Å². The van der Waals surface area contributed by atoms with Crippen molar-refractivity contribution < 1.29 is 27.6 Å². The normalized spacial score (nSPS) is 14.4. The molecule has 37 heavy (non-hydrogen) atoms. The summed E-state index contributed by atoms with van der Waals surface area (Å²) in [5, 5.41) is 7.26. The van der Waals surface area contributed by atoms with E-state index in [1.54, 1.807) is 10.3 Å². The van der Waals surface area contributed by atoms with Crippen LogP contribution in [0.5, 0.6) is 0 Å². The summed E-state index contributed by atoms with van der Waals surface area (Å²) < 4.78 is 38.6. The highest BCUT2D eigenvalue weighted by Gasteiger charge is 2.30. The minimum absolute atomic E-state index is 0.0267. The van der Waals surface area contributed by atoms with Crippen LogP contribution in [0.2, 0.25) is 0 Å². The second-order valence-electron chi connectivity index (χ2n) is 9.79. The molecule has 7 nitrogen and oxygen atoms in total. The Labute approximate surface area is 218 Å². The quantitative estimate of drug-likeness (QED) is 0.444. The van der Waals surface area contributed by atoms with Crippen LogP contribution in [0.3, 0.4) is 0 Å². The number of nitrogens with one attached hydrogen (secondary N) is 2. The van der Waals surface area contributed by atoms with Crippen molar-refractivity contribution in [3.63, 3.8) is 0 Å². The lowest BCUT2D eigenvalue weighted by molar-refractivity contribution is -0.139. The minimum Gasteiger partial charge on any atom is -0.352 e. The van der Waals surface area contributed by atoms with Crippen molar-refractivity contribution >= 4 is 34.2 Å². The second-order valence-corrected chi connectivity index (χ2v) is 10.6. The van der Waals surface area contributed by atoms with Crippen LogP contribution in [0, 0.1) is 11.8 Å². The maximum absolute atomic E-state index is 13.0. The van der Waals surface area contributed by atoms with Gasteiger partial charge in [-0.05, 0) is 36.5 Å². The highest BCUT2D eigenvalue weighted by Crippen LogP contribution is 2.29. The molecule has 1 aromatic carbocycles. The molecule has 11 heteroatoms. The van der Waals surface area contributed by atoms with Gasteiger partial charge in [-0.1, -0.05) is 45.2 Å². The van der Waals surface area contributed by atoms with Crippen LogP contribution in [0.15, 0.2) is 29.6 Å². The molecule has 0 aliphatic heterocycles. The van der Waals surface area contributed by atoms with Gasteiger partial charge >= 0.3 is 6.18 Å². The summed E-state index contributed by atoms with van der Waals surface area (Å²) in [5.41, 5.74) is -0.00572. The van der Waals surface area contributed by atoms with Gasteiger partial charge in [0.25, 0.3) is 0 Å². The van der Waals surface area contributed by atoms with E-state index in [0.29, 0.717) is 22.9 Å². The Bertz CT molecular complexity index is 1080. The van der Waals surface area contributed by atoms with Gasteiger partial charge in [0.15, 0.2) is 5.13 Å². The average molecular weight is 539 g/mol. The van der Waals surface area contributed by atoms with Gasteiger partial charge in [-0.25, -0.2) is 4.98 Å². The third kappa shape index (κ3) is 9.14. The summed E-state index contributed by atoms with van der Waals surface area (Å²) in [6.07, 6.45) is 0.411. The highest BCUT2D eigenvalue weighted by atomic mass is 32.1. The average Bonchev–Trinajstić information content (AvgIpc) is 3.28. The maximum Gasteiger partial charge on any atom is 0.416 e. The minimum atomic E-state index is -4.45. The molecule has 0 unspecified atom stereocenters. The number of aromatic nitrogens is 1. The Morgan fingerprint density at radius 3 is 2.54 bits per heavy atom. The summed E-state index contributed by atoms with van der Waals surface area (Å²) in [6, 6.07) is 4.78. The number of anilines is 1. The molecule has 1 aromatic heterocycles. The molecular formula is C26H33F3N4O3S. The monoisotopic (exact) mass is 538 g/mol. The topological polar surface area (TPSA) is 91.4 Å². The van der Waals surface area contributed by atoms with E-state index in [-0.39, 0.29) is 43.2 Å². The molecule has 0 spiro atoms. The van der Waals surface area contributed by atoms with Gasteiger partial charge < -0.3 is 15.5 Å². The lowest BCUT2D eigenvalue weighted by atomic mass is 9.88. The molecule has 3 rings (SSSR count). The van der Waals surface area contributed by atoms with Gasteiger partial charge in [0, 0.05) is 24.4 Å². The highest BCUT2D eigenvalue weighted by molar-refractivity contribution is 7.13. The van der Waals surface area contributed by atoms with Crippen LogP contribution >= 0.6 is 11.3 Å². The number of amides is 3. The Morgan fingerprint density at radius 2 is 1.86 bits per heavy atom. The fraction of sp³-hybridized carbons (Fsp3) is 0.538. The number of hydrogen-bond acceptors (Lipinski definition) is 5. The molecular weight excluding hydrogens is 505 g/mol. The van der Waals surface area contributed by atoms with Crippen molar-refractivity contribution in [2.45, 2.75) is 65.1 Å². The number of thiazole rings is 1. The van der Waals surface area contributed by atoms with Crippen LogP contribution in [-0.2, 0) is 33.5 Å². The third-order valence-electron chi connectivity index (χ3n) is 6.07. The van der Waals surface area contributed by atoms with Crippen LogP contribution < -0.4 is 10.6 Å². The molecule has 1 heterocycles. The molecule has 0 radical (unpaired) electrons. The van der Waals surface area contributed by atoms with Crippen molar-refractivity contribution in [2.24, 2.45) is 11.8 Å². The lowest BCUT2D eigenvalue weighted by Crippen LogP contribution is -2.43. The Balaban J connectivity index is 1.50. The first kappa shape index (κ1) is 28.6. The van der Waals surface area contributed by atoms with Gasteiger partial charge in [0.2, 0.25) is 17.7 Å². The molecule has 1 aliphatic carbocycles. The van der Waals surface area contributed by atoms with E-state index in [1.165, 1.54) is 12.1 Å². The number of hydrogen-bond donors (Lipinski definition) is 2. The zero-order chi connectivity index (χ0) is 27.0. The molecule has 3 amide bonds. The summed E-state index contributed by atoms with van der Waals surface area (Å²) >= 11 is 1.16. The predicted molar refractivity (Wildman–Crippen MR) is 136 cm³/mol. The third-order valence-corrected chi connectivity index (χ3v) is 6.88. The van der Waals surface area contributed by atoms with Crippen LogP contribution in [0.1, 0.15) is 62.8 Å². The first-order chi connectivity index (χ1) is 17.5. The van der Waals surface area contributed by atoms with E-state index in [1.807, 2.05) is 13.8 Å². The molecule has 202 valence electrons. The van der Waals surface area contributed by atoms with Crippen molar-refractivity contribution in [3.05, 3.63) is 46.5 Å². The smallest absolute Gasteiger partial charge is 0.352 e. The van der Waals surface area contributed by atoms with Gasteiger partial charge in [-0.15, -0.1) is 11.3 Å². The fourth-order valence-electron chi connectivity index (χ4n) is 4.34. The molecule has 2 N–H and O–H groups in total. The number of benzene rings is 1. The Morgan fingerprint density at radius 1 is 1.14 bits per heavy atom. The Hall–Kier alpha value is -2.95. The molecule has 0 atom stereocenters. The van der Waals surface area contributed by atoms with Crippen molar-refractivity contribution in [3.8, 4) is 0 Å². The number of halogens is 3. The van der Waals surface area contributed by atoms with E-state index in [2.05, 4.69) is 15.6 Å². The molecule has 1 fully saturated rings. The molecule has 1 saturated carbocycles. The standard InChI is InChI=1S/C26H33F3N4O3S/c1-17(2)14-33(24(36)19-8-4-3-5-9-19)15-23(35)32-25-31-21(16-37-25)12-22(34)30-13-18-7-6-10-20(11-18)26(27,28)29/h6-7,10-11,16-17,19H,3-5,8-9,12-15H2,1-2H3,(H,30,34)(H,31,32,35). The number of carbonyl (C=O) groups is 3.